The monoisotopic (exact) mass is 239 g/mol. The van der Waals surface area contributed by atoms with E-state index in [0.717, 1.165) is 18.5 Å². The van der Waals surface area contributed by atoms with Crippen molar-refractivity contribution in [3.8, 4) is 0 Å². The highest BCUT2D eigenvalue weighted by Crippen LogP contribution is 2.57. The molecule has 2 unspecified atom stereocenters. The first-order valence-electron chi connectivity index (χ1n) is 6.14. The first-order chi connectivity index (χ1) is 7.95. The highest BCUT2D eigenvalue weighted by molar-refractivity contribution is 5.24. The number of halogens is 2. The van der Waals surface area contributed by atoms with Crippen LogP contribution in [0.5, 0.6) is 0 Å². The second-order valence-electron chi connectivity index (χ2n) is 5.51. The zero-order valence-electron chi connectivity index (χ0n) is 10.6. The van der Waals surface area contributed by atoms with Crippen LogP contribution < -0.4 is 5.32 Å². The van der Waals surface area contributed by atoms with Crippen molar-refractivity contribution in [3.05, 3.63) is 35.4 Å². The molecule has 2 rings (SSSR count). The molecule has 0 aromatic heterocycles. The average molecular weight is 239 g/mol. The molecule has 94 valence electrons. The van der Waals surface area contributed by atoms with Gasteiger partial charge >= 0.3 is 0 Å². The van der Waals surface area contributed by atoms with Gasteiger partial charge in [0.25, 0.3) is 0 Å². The van der Waals surface area contributed by atoms with E-state index >= 15 is 0 Å². The predicted molar refractivity (Wildman–Crippen MR) is 64.7 cm³/mol. The molecule has 1 aliphatic carbocycles. The third kappa shape index (κ3) is 2.49. The van der Waals surface area contributed by atoms with Crippen LogP contribution in [0.1, 0.15) is 38.8 Å². The van der Waals surface area contributed by atoms with Gasteiger partial charge in [0.05, 0.1) is 0 Å². The second kappa shape index (κ2) is 4.37. The van der Waals surface area contributed by atoms with Crippen molar-refractivity contribution in [2.45, 2.75) is 33.2 Å². The third-order valence-corrected chi connectivity index (χ3v) is 3.72. The fourth-order valence-electron chi connectivity index (χ4n) is 2.50. The van der Waals surface area contributed by atoms with Crippen LogP contribution in [0, 0.1) is 23.0 Å². The highest BCUT2D eigenvalue weighted by atomic mass is 19.2. The van der Waals surface area contributed by atoms with Crippen molar-refractivity contribution in [1.82, 2.24) is 5.32 Å². The van der Waals surface area contributed by atoms with Crippen LogP contribution in [-0.2, 0) is 0 Å². The number of benzene rings is 1. The van der Waals surface area contributed by atoms with E-state index in [-0.39, 0.29) is 6.04 Å². The van der Waals surface area contributed by atoms with Crippen molar-refractivity contribution < 1.29 is 8.78 Å². The summed E-state index contributed by atoms with van der Waals surface area (Å²) in [6.45, 7) is 7.28. The SMILES string of the molecule is CCNC(c1ccc(F)c(F)c1)C1CC1(C)C. The summed E-state index contributed by atoms with van der Waals surface area (Å²) in [5.74, 6) is -1.03. The first-order valence-corrected chi connectivity index (χ1v) is 6.14. The summed E-state index contributed by atoms with van der Waals surface area (Å²) in [4.78, 5) is 0. The average Bonchev–Trinajstić information content (AvgIpc) is 2.88. The molecule has 1 aromatic carbocycles. The van der Waals surface area contributed by atoms with Gasteiger partial charge in [0.15, 0.2) is 11.6 Å². The van der Waals surface area contributed by atoms with E-state index in [1.165, 1.54) is 12.1 Å². The topological polar surface area (TPSA) is 12.0 Å². The van der Waals surface area contributed by atoms with Gasteiger partial charge in [-0.1, -0.05) is 26.8 Å². The minimum Gasteiger partial charge on any atom is -0.310 e. The lowest BCUT2D eigenvalue weighted by molar-refractivity contribution is 0.419. The maximum Gasteiger partial charge on any atom is 0.159 e. The van der Waals surface area contributed by atoms with Gasteiger partial charge in [-0.2, -0.15) is 0 Å². The molecule has 0 aliphatic heterocycles. The molecule has 0 radical (unpaired) electrons. The Balaban J connectivity index is 2.24. The third-order valence-electron chi connectivity index (χ3n) is 3.72. The fraction of sp³-hybridized carbons (Fsp3) is 0.571. The molecule has 0 heterocycles. The normalized spacial score (nSPS) is 23.5. The van der Waals surface area contributed by atoms with Crippen LogP contribution >= 0.6 is 0 Å². The first kappa shape index (κ1) is 12.5. The van der Waals surface area contributed by atoms with Crippen LogP contribution in [0.25, 0.3) is 0 Å². The van der Waals surface area contributed by atoms with Gasteiger partial charge in [0, 0.05) is 6.04 Å². The van der Waals surface area contributed by atoms with Crippen molar-refractivity contribution in [3.63, 3.8) is 0 Å². The minimum absolute atomic E-state index is 0.130. The molecule has 17 heavy (non-hydrogen) atoms. The molecule has 0 amide bonds. The predicted octanol–water partition coefficient (Wildman–Crippen LogP) is 3.66. The zero-order chi connectivity index (χ0) is 12.6. The Morgan fingerprint density at radius 1 is 1.35 bits per heavy atom. The number of nitrogens with one attached hydrogen (secondary N) is 1. The lowest BCUT2D eigenvalue weighted by atomic mass is 9.97. The molecule has 1 saturated carbocycles. The number of hydrogen-bond acceptors (Lipinski definition) is 1. The van der Waals surface area contributed by atoms with Gasteiger partial charge in [0.1, 0.15) is 0 Å². The molecule has 1 N–H and O–H groups in total. The van der Waals surface area contributed by atoms with Crippen molar-refractivity contribution in [2.24, 2.45) is 11.3 Å². The minimum atomic E-state index is -0.779. The lowest BCUT2D eigenvalue weighted by Crippen LogP contribution is -2.24. The van der Waals surface area contributed by atoms with Gasteiger partial charge in [-0.15, -0.1) is 0 Å². The highest BCUT2D eigenvalue weighted by Gasteiger charge is 2.50. The largest absolute Gasteiger partial charge is 0.310 e. The molecule has 0 spiro atoms. The quantitative estimate of drug-likeness (QED) is 0.845. The van der Waals surface area contributed by atoms with Crippen LogP contribution in [0.2, 0.25) is 0 Å². The molecular weight excluding hydrogens is 220 g/mol. The van der Waals surface area contributed by atoms with Crippen LogP contribution in [0.15, 0.2) is 18.2 Å². The molecule has 2 atom stereocenters. The van der Waals surface area contributed by atoms with Gasteiger partial charge in [-0.05, 0) is 42.0 Å². The Morgan fingerprint density at radius 2 is 2.00 bits per heavy atom. The van der Waals surface area contributed by atoms with Crippen LogP contribution in [-0.4, -0.2) is 6.54 Å². The van der Waals surface area contributed by atoms with E-state index in [1.807, 2.05) is 6.92 Å². The molecule has 1 fully saturated rings. The molecule has 1 aromatic rings. The Hall–Kier alpha value is -0.960. The smallest absolute Gasteiger partial charge is 0.159 e. The number of hydrogen-bond donors (Lipinski definition) is 1. The Labute approximate surface area is 101 Å². The summed E-state index contributed by atoms with van der Waals surface area (Å²) in [6.07, 6.45) is 1.13. The van der Waals surface area contributed by atoms with E-state index < -0.39 is 11.6 Å². The van der Waals surface area contributed by atoms with Gasteiger partial charge in [0.2, 0.25) is 0 Å². The Kier molecular flexibility index (Phi) is 3.21. The molecular formula is C14H19F2N. The lowest BCUT2D eigenvalue weighted by Gasteiger charge is -2.20. The van der Waals surface area contributed by atoms with Crippen molar-refractivity contribution in [2.75, 3.05) is 6.54 Å². The molecule has 0 bridgehead atoms. The van der Waals surface area contributed by atoms with Crippen LogP contribution in [0.4, 0.5) is 8.78 Å². The summed E-state index contributed by atoms with van der Waals surface area (Å²) in [6, 6.07) is 4.34. The van der Waals surface area contributed by atoms with E-state index in [0.29, 0.717) is 11.3 Å². The van der Waals surface area contributed by atoms with Gasteiger partial charge < -0.3 is 5.32 Å². The van der Waals surface area contributed by atoms with E-state index in [1.54, 1.807) is 6.07 Å². The Bertz CT molecular complexity index is 415. The summed E-state index contributed by atoms with van der Waals surface area (Å²) in [5.41, 5.74) is 1.15. The molecule has 1 aliphatic rings. The maximum atomic E-state index is 13.3. The summed E-state index contributed by atoms with van der Waals surface area (Å²) >= 11 is 0. The summed E-state index contributed by atoms with van der Waals surface area (Å²) in [7, 11) is 0. The number of rotatable bonds is 4. The van der Waals surface area contributed by atoms with Crippen molar-refractivity contribution in [1.29, 1.82) is 0 Å². The summed E-state index contributed by atoms with van der Waals surface area (Å²) < 4.78 is 26.2. The van der Waals surface area contributed by atoms with E-state index in [4.69, 9.17) is 0 Å². The Morgan fingerprint density at radius 3 is 2.47 bits per heavy atom. The molecule has 3 heteroatoms. The molecule has 1 nitrogen and oxygen atoms in total. The zero-order valence-corrected chi connectivity index (χ0v) is 10.6. The van der Waals surface area contributed by atoms with E-state index in [2.05, 4.69) is 19.2 Å². The summed E-state index contributed by atoms with van der Waals surface area (Å²) in [5, 5.41) is 3.37. The standard InChI is InChI=1S/C14H19F2N/c1-4-17-13(10-8-14(10,2)3)9-5-6-11(15)12(16)7-9/h5-7,10,13,17H,4,8H2,1-3H3. The van der Waals surface area contributed by atoms with Crippen LogP contribution in [0.3, 0.4) is 0 Å². The van der Waals surface area contributed by atoms with E-state index in [9.17, 15) is 8.78 Å². The maximum absolute atomic E-state index is 13.3. The van der Waals surface area contributed by atoms with Gasteiger partial charge in [-0.25, -0.2) is 8.78 Å². The fourth-order valence-corrected chi connectivity index (χ4v) is 2.50. The van der Waals surface area contributed by atoms with Gasteiger partial charge in [-0.3, -0.25) is 0 Å². The van der Waals surface area contributed by atoms with Crippen molar-refractivity contribution >= 4 is 0 Å². The second-order valence-corrected chi connectivity index (χ2v) is 5.51. The molecule has 0 saturated heterocycles.